The lowest BCUT2D eigenvalue weighted by molar-refractivity contribution is -0.135. The molecule has 0 unspecified atom stereocenters. The average Bonchev–Trinajstić information content (AvgIpc) is 3.25. The summed E-state index contributed by atoms with van der Waals surface area (Å²) in [7, 11) is 0. The first-order chi connectivity index (χ1) is 18.9. The van der Waals surface area contributed by atoms with E-state index in [1.165, 1.54) is 12.1 Å². The smallest absolute Gasteiger partial charge is 0.312 e. The molecule has 39 heavy (non-hydrogen) atoms. The molecule has 1 aromatic heterocycles. The lowest BCUT2D eigenvalue weighted by Gasteiger charge is -2.27. The second-order valence-electron chi connectivity index (χ2n) is 8.97. The maximum absolute atomic E-state index is 13.7. The summed E-state index contributed by atoms with van der Waals surface area (Å²) in [4.78, 5) is 30.0. The molecule has 0 saturated heterocycles. The number of rotatable bonds is 5. The Labute approximate surface area is 220 Å². The average molecular weight is 529 g/mol. The molecule has 0 radical (unpaired) electrons. The Morgan fingerprint density at radius 3 is 2.49 bits per heavy atom. The Morgan fingerprint density at radius 1 is 0.949 bits per heavy atom. The molecule has 2 aliphatic rings. The number of para-hydroxylation sites is 1. The Hall–Kier alpha value is -4.92. The number of aromatic nitrogens is 1. The molecule has 194 valence electrons. The molecule has 4 aromatic rings. The first kappa shape index (κ1) is 24.4. The minimum atomic E-state index is -1.61. The number of nitrogens with zero attached hydrogens (tertiary/aromatic N) is 1. The third-order valence-electron chi connectivity index (χ3n) is 6.48. The van der Waals surface area contributed by atoms with Crippen LogP contribution in [0.1, 0.15) is 45.1 Å². The largest absolute Gasteiger partial charge is 0.487 e. The molecule has 6 nitrogen and oxygen atoms in total. The molecule has 0 amide bonds. The third-order valence-corrected chi connectivity index (χ3v) is 6.48. The maximum Gasteiger partial charge on any atom is 0.312 e. The zero-order valence-electron chi connectivity index (χ0n) is 20.1. The number of halogens is 3. The molecule has 0 N–H and O–H groups in total. The lowest BCUT2D eigenvalue weighted by atomic mass is 9.84. The van der Waals surface area contributed by atoms with Gasteiger partial charge in [0.25, 0.3) is 0 Å². The van der Waals surface area contributed by atoms with Crippen LogP contribution in [-0.2, 0) is 11.4 Å². The highest BCUT2D eigenvalue weighted by Crippen LogP contribution is 2.50. The quantitative estimate of drug-likeness (QED) is 0.134. The number of ether oxygens (including phenoxy) is 3. The fourth-order valence-electron chi connectivity index (χ4n) is 4.72. The number of hydrogen-bond donors (Lipinski definition) is 0. The molecular weight excluding hydrogens is 511 g/mol. The Kier molecular flexibility index (Phi) is 6.11. The van der Waals surface area contributed by atoms with Gasteiger partial charge in [0.15, 0.2) is 23.2 Å². The van der Waals surface area contributed by atoms with E-state index in [1.807, 2.05) is 18.2 Å². The van der Waals surface area contributed by atoms with E-state index in [4.69, 9.17) is 14.2 Å². The number of allylic oxidation sites excluding steroid dienone is 1. The van der Waals surface area contributed by atoms with Crippen molar-refractivity contribution in [1.82, 2.24) is 4.98 Å². The monoisotopic (exact) mass is 529 g/mol. The van der Waals surface area contributed by atoms with Crippen LogP contribution in [0.4, 0.5) is 13.2 Å². The third kappa shape index (κ3) is 4.52. The van der Waals surface area contributed by atoms with Gasteiger partial charge in [-0.15, -0.1) is 0 Å². The van der Waals surface area contributed by atoms with E-state index in [-0.39, 0.29) is 41.4 Å². The van der Waals surface area contributed by atoms with Gasteiger partial charge in [-0.3, -0.25) is 14.6 Å². The summed E-state index contributed by atoms with van der Waals surface area (Å²) >= 11 is 0. The van der Waals surface area contributed by atoms with Gasteiger partial charge in [0.2, 0.25) is 5.78 Å². The highest BCUT2D eigenvalue weighted by atomic mass is 19.2. The molecule has 0 aliphatic carbocycles. The van der Waals surface area contributed by atoms with Crippen LogP contribution in [0.2, 0.25) is 0 Å². The van der Waals surface area contributed by atoms with Crippen molar-refractivity contribution in [1.29, 1.82) is 0 Å². The van der Waals surface area contributed by atoms with E-state index in [1.54, 1.807) is 30.5 Å². The van der Waals surface area contributed by atoms with Gasteiger partial charge >= 0.3 is 5.97 Å². The van der Waals surface area contributed by atoms with Gasteiger partial charge in [-0.05, 0) is 54.1 Å². The van der Waals surface area contributed by atoms with Crippen LogP contribution in [0.5, 0.6) is 17.2 Å². The van der Waals surface area contributed by atoms with Crippen molar-refractivity contribution < 1.29 is 37.0 Å². The number of fused-ring (bicyclic) bond motifs is 3. The highest BCUT2D eigenvalue weighted by molar-refractivity contribution is 6.15. The van der Waals surface area contributed by atoms with Crippen molar-refractivity contribution >= 4 is 17.8 Å². The fraction of sp³-hybridized carbons (Fsp3) is 0.100. The number of benzene rings is 3. The van der Waals surface area contributed by atoms with Crippen LogP contribution in [0, 0.1) is 17.5 Å². The second-order valence-corrected chi connectivity index (χ2v) is 8.97. The summed E-state index contributed by atoms with van der Waals surface area (Å²) in [6.07, 6.45) is 2.75. The van der Waals surface area contributed by atoms with Gasteiger partial charge in [0, 0.05) is 23.2 Å². The van der Waals surface area contributed by atoms with Crippen molar-refractivity contribution in [3.8, 4) is 17.2 Å². The van der Waals surface area contributed by atoms with Crippen molar-refractivity contribution in [2.75, 3.05) is 0 Å². The minimum Gasteiger partial charge on any atom is -0.487 e. The van der Waals surface area contributed by atoms with Crippen LogP contribution in [0.15, 0.2) is 78.7 Å². The summed E-state index contributed by atoms with van der Waals surface area (Å²) in [5, 5.41) is 0. The molecule has 9 heteroatoms. The first-order valence-corrected chi connectivity index (χ1v) is 12.0. The van der Waals surface area contributed by atoms with Gasteiger partial charge in [-0.1, -0.05) is 24.3 Å². The van der Waals surface area contributed by atoms with Gasteiger partial charge in [-0.2, -0.15) is 0 Å². The second kappa shape index (κ2) is 9.75. The van der Waals surface area contributed by atoms with E-state index in [2.05, 4.69) is 4.98 Å². The molecule has 1 atom stereocenters. The van der Waals surface area contributed by atoms with E-state index in [0.717, 1.165) is 18.2 Å². The van der Waals surface area contributed by atoms with Crippen molar-refractivity contribution in [2.45, 2.75) is 18.9 Å². The summed E-state index contributed by atoms with van der Waals surface area (Å²) in [5.74, 6) is -5.27. The van der Waals surface area contributed by atoms with Gasteiger partial charge in [0.1, 0.15) is 23.9 Å². The number of ketones is 1. The topological polar surface area (TPSA) is 74.7 Å². The predicted molar refractivity (Wildman–Crippen MR) is 133 cm³/mol. The molecule has 3 aromatic carbocycles. The molecule has 0 saturated carbocycles. The molecule has 0 bridgehead atoms. The SMILES string of the molecule is O=C1C[C@@H](c2ccccc2OCc2ccccn2)c2c(ccc3c2O/C(=C\c2cc(F)c(F)c(F)c2)C3=O)O1. The lowest BCUT2D eigenvalue weighted by Crippen LogP contribution is -2.22. The van der Waals surface area contributed by atoms with Crippen LogP contribution in [0.3, 0.4) is 0 Å². The summed E-state index contributed by atoms with van der Waals surface area (Å²) < 4.78 is 58.4. The standard InChI is InChI=1S/C30H18F3NO5/c31-21-11-16(12-22(32)28(21)33)13-25-29(36)19-8-9-24-27(30(19)39-25)20(14-26(35)38-24)18-6-1-2-7-23(18)37-15-17-5-3-4-10-34-17/h1-13,20H,14-15H2/b25-13-/t20-/m0/s1. The summed E-state index contributed by atoms with van der Waals surface area (Å²) in [5.41, 5.74) is 1.96. The van der Waals surface area contributed by atoms with Gasteiger partial charge in [-0.25, -0.2) is 13.2 Å². The molecule has 2 aliphatic heterocycles. The highest BCUT2D eigenvalue weighted by Gasteiger charge is 2.39. The van der Waals surface area contributed by atoms with Crippen molar-refractivity contribution in [3.05, 3.63) is 124 Å². The van der Waals surface area contributed by atoms with Crippen LogP contribution < -0.4 is 14.2 Å². The van der Waals surface area contributed by atoms with Crippen molar-refractivity contribution in [2.24, 2.45) is 0 Å². The number of Topliss-reactive ketones (excluding diaryl/α,β-unsaturated/α-hetero) is 1. The number of hydrogen-bond acceptors (Lipinski definition) is 6. The number of carbonyl (C=O) groups is 2. The van der Waals surface area contributed by atoms with Crippen LogP contribution >= 0.6 is 0 Å². The summed E-state index contributed by atoms with van der Waals surface area (Å²) in [6.45, 7) is 0.196. The number of esters is 1. The molecule has 0 spiro atoms. The van der Waals surface area contributed by atoms with E-state index in [0.29, 0.717) is 22.6 Å². The molecule has 6 rings (SSSR count). The molecule has 0 fully saturated rings. The Morgan fingerprint density at radius 2 is 1.72 bits per heavy atom. The Balaban J connectivity index is 1.39. The number of pyridine rings is 1. The van der Waals surface area contributed by atoms with Crippen molar-refractivity contribution in [3.63, 3.8) is 0 Å². The van der Waals surface area contributed by atoms with Gasteiger partial charge in [0.05, 0.1) is 17.7 Å². The van der Waals surface area contributed by atoms with Crippen LogP contribution in [0.25, 0.3) is 6.08 Å². The van der Waals surface area contributed by atoms with E-state index >= 15 is 0 Å². The maximum atomic E-state index is 13.7. The number of carbonyl (C=O) groups excluding carboxylic acids is 2. The normalized spacial score (nSPS) is 16.9. The fourth-order valence-corrected chi connectivity index (χ4v) is 4.72. The van der Waals surface area contributed by atoms with Gasteiger partial charge < -0.3 is 14.2 Å². The molecular formula is C30H18F3NO5. The predicted octanol–water partition coefficient (Wildman–Crippen LogP) is 6.14. The molecule has 3 heterocycles. The summed E-state index contributed by atoms with van der Waals surface area (Å²) in [6, 6.07) is 17.2. The Bertz CT molecular complexity index is 1650. The first-order valence-electron chi connectivity index (χ1n) is 12.0. The zero-order valence-corrected chi connectivity index (χ0v) is 20.1. The van der Waals surface area contributed by atoms with Crippen LogP contribution in [-0.4, -0.2) is 16.7 Å². The zero-order chi connectivity index (χ0) is 27.1. The minimum absolute atomic E-state index is 0.0433. The van der Waals surface area contributed by atoms with E-state index < -0.39 is 35.1 Å². The van der Waals surface area contributed by atoms with E-state index in [9.17, 15) is 22.8 Å².